The van der Waals surface area contributed by atoms with Crippen LogP contribution in [0.2, 0.25) is 0 Å². The number of hydrogen-bond donors (Lipinski definition) is 0. The smallest absolute Gasteiger partial charge is 0.0351 e. The van der Waals surface area contributed by atoms with Crippen molar-refractivity contribution in [1.82, 2.24) is 0 Å². The average molecular weight is 476 g/mol. The van der Waals surface area contributed by atoms with E-state index in [-0.39, 0.29) is 0 Å². The third kappa shape index (κ3) is 31.7. The van der Waals surface area contributed by atoms with E-state index >= 15 is 0 Å². The van der Waals surface area contributed by atoms with Gasteiger partial charge in [0.25, 0.3) is 0 Å². The zero-order chi connectivity index (χ0) is 24.6. The van der Waals surface area contributed by atoms with Gasteiger partial charge in [0.15, 0.2) is 0 Å². The summed E-state index contributed by atoms with van der Waals surface area (Å²) in [4.78, 5) is 0. The Labute approximate surface area is 218 Å². The van der Waals surface area contributed by atoms with Gasteiger partial charge in [0, 0.05) is 0 Å². The van der Waals surface area contributed by atoms with Crippen LogP contribution in [0.4, 0.5) is 0 Å². The first-order chi connectivity index (χ1) is 16.9. The maximum atomic E-state index is 2.54. The summed E-state index contributed by atoms with van der Waals surface area (Å²) in [6.45, 7) is 4.57. The topological polar surface area (TPSA) is 0 Å². The van der Waals surface area contributed by atoms with Crippen LogP contribution in [-0.4, -0.2) is 0 Å². The van der Waals surface area contributed by atoms with Crippen molar-refractivity contribution in [3.63, 3.8) is 0 Å². The Balaban J connectivity index is 3.02. The predicted octanol–water partition coefficient (Wildman–Crippen LogP) is 13.1. The van der Waals surface area contributed by atoms with E-state index in [2.05, 4.69) is 32.4 Å². The van der Waals surface area contributed by atoms with Gasteiger partial charge in [-0.2, -0.15) is 0 Å². The zero-order valence-electron chi connectivity index (χ0n) is 24.2. The highest BCUT2D eigenvalue weighted by Gasteiger charge is 1.96. The molecule has 0 aliphatic rings. The summed E-state index contributed by atoms with van der Waals surface area (Å²) in [6, 6.07) is 0. The Morgan fingerprint density at radius 2 is 0.559 bits per heavy atom. The fourth-order valence-corrected chi connectivity index (χ4v) is 4.98. The van der Waals surface area contributed by atoms with E-state index in [0.29, 0.717) is 0 Å². The molecule has 0 heteroatoms. The van der Waals surface area contributed by atoms with Crippen molar-refractivity contribution < 1.29 is 0 Å². The van der Waals surface area contributed by atoms with Crippen molar-refractivity contribution in [3.05, 3.63) is 18.6 Å². The van der Waals surface area contributed by atoms with E-state index in [4.69, 9.17) is 0 Å². The molecule has 0 fully saturated rings. The van der Waals surface area contributed by atoms with E-state index in [1.54, 1.807) is 0 Å². The van der Waals surface area contributed by atoms with Gasteiger partial charge in [-0.3, -0.25) is 0 Å². The van der Waals surface area contributed by atoms with Crippen LogP contribution >= 0.6 is 0 Å². The van der Waals surface area contributed by atoms with Gasteiger partial charge in [0.05, 0.1) is 0 Å². The fraction of sp³-hybridized carbons (Fsp3) is 0.912. The van der Waals surface area contributed by atoms with Crippen LogP contribution in [-0.2, 0) is 0 Å². The second-order valence-corrected chi connectivity index (χ2v) is 11.0. The molecule has 0 heterocycles. The summed E-state index contributed by atoms with van der Waals surface area (Å²) in [5, 5.41) is 0. The molecule has 0 aromatic heterocycles. The molecule has 0 aromatic carbocycles. The van der Waals surface area contributed by atoms with Crippen LogP contribution in [0.3, 0.4) is 0 Å². The Kier molecular flexibility index (Phi) is 32.5. The minimum atomic E-state index is 1.28. The largest absolute Gasteiger partial charge is 0.0885 e. The molecule has 0 saturated carbocycles. The fourth-order valence-electron chi connectivity index (χ4n) is 4.98. The third-order valence-corrected chi connectivity index (χ3v) is 7.43. The predicted molar refractivity (Wildman–Crippen MR) is 159 cm³/mol. The van der Waals surface area contributed by atoms with Crippen LogP contribution in [0.25, 0.3) is 0 Å². The molecule has 0 bridgehead atoms. The molecule has 0 amide bonds. The van der Waals surface area contributed by atoms with Crippen LogP contribution < -0.4 is 0 Å². The van der Waals surface area contributed by atoms with Crippen molar-refractivity contribution >= 4 is 0 Å². The van der Waals surface area contributed by atoms with E-state index in [9.17, 15) is 0 Å². The standard InChI is InChI=1S/C34H67/c1-3-5-7-9-11-13-15-17-19-21-23-25-27-29-31-33-34-32-30-28-26-24-22-20-18-16-14-12-10-8-6-4-2/h9,11,19H,3-8,10,12-18,20-34H2,1-2H3. The number of rotatable bonds is 30. The summed E-state index contributed by atoms with van der Waals surface area (Å²) in [6.07, 6.45) is 48.9. The number of unbranched alkanes of at least 4 members (excludes halogenated alkanes) is 28. The lowest BCUT2D eigenvalue weighted by molar-refractivity contribution is 0.519. The molecule has 0 aromatic rings. The molecule has 203 valence electrons. The highest BCUT2D eigenvalue weighted by Crippen LogP contribution is 2.16. The highest BCUT2D eigenvalue weighted by molar-refractivity contribution is 4.82. The molecular weight excluding hydrogens is 408 g/mol. The van der Waals surface area contributed by atoms with E-state index in [1.165, 1.54) is 186 Å². The maximum Gasteiger partial charge on any atom is -0.0351 e. The molecule has 0 aliphatic heterocycles. The Hall–Kier alpha value is -0.260. The third-order valence-electron chi connectivity index (χ3n) is 7.43. The van der Waals surface area contributed by atoms with Crippen LogP contribution in [0.15, 0.2) is 12.2 Å². The van der Waals surface area contributed by atoms with Crippen LogP contribution in [0, 0.1) is 6.42 Å². The molecule has 0 atom stereocenters. The number of hydrogen-bond acceptors (Lipinski definition) is 0. The quantitative estimate of drug-likeness (QED) is 0.0715. The van der Waals surface area contributed by atoms with Crippen molar-refractivity contribution in [2.45, 2.75) is 200 Å². The Morgan fingerprint density at radius 1 is 0.265 bits per heavy atom. The minimum absolute atomic E-state index is 1.28. The molecule has 0 N–H and O–H groups in total. The van der Waals surface area contributed by atoms with Crippen LogP contribution in [0.5, 0.6) is 0 Å². The molecular formula is C34H67. The summed E-state index contributed by atoms with van der Waals surface area (Å²) in [5.74, 6) is 0. The molecule has 0 aliphatic carbocycles. The summed E-state index contributed by atoms with van der Waals surface area (Å²) >= 11 is 0. The first-order valence-electron chi connectivity index (χ1n) is 16.4. The number of allylic oxidation sites excluding steroid dienone is 2. The SMILES string of the molecule is CCCCC=CCCC[CH]CCCCCCCCCCCCCCCCCCCCCCCC. The second-order valence-electron chi connectivity index (χ2n) is 11.0. The van der Waals surface area contributed by atoms with Crippen LogP contribution in [0.1, 0.15) is 200 Å². The van der Waals surface area contributed by atoms with Gasteiger partial charge in [-0.05, 0) is 32.1 Å². The van der Waals surface area contributed by atoms with Gasteiger partial charge >= 0.3 is 0 Å². The van der Waals surface area contributed by atoms with Crippen molar-refractivity contribution in [3.8, 4) is 0 Å². The average Bonchev–Trinajstić information content (AvgIpc) is 2.85. The molecule has 0 unspecified atom stereocenters. The van der Waals surface area contributed by atoms with Crippen molar-refractivity contribution in [2.75, 3.05) is 0 Å². The van der Waals surface area contributed by atoms with Gasteiger partial charge < -0.3 is 0 Å². The monoisotopic (exact) mass is 476 g/mol. The Bertz CT molecular complexity index is 355. The summed E-state index contributed by atoms with van der Waals surface area (Å²) < 4.78 is 0. The molecule has 34 heavy (non-hydrogen) atoms. The van der Waals surface area contributed by atoms with Gasteiger partial charge in [-0.15, -0.1) is 0 Å². The van der Waals surface area contributed by atoms with E-state index < -0.39 is 0 Å². The first kappa shape index (κ1) is 33.7. The van der Waals surface area contributed by atoms with Gasteiger partial charge in [-0.1, -0.05) is 187 Å². The summed E-state index contributed by atoms with van der Waals surface area (Å²) in [7, 11) is 0. The first-order valence-corrected chi connectivity index (χ1v) is 16.4. The minimum Gasteiger partial charge on any atom is -0.0885 e. The lowest BCUT2D eigenvalue weighted by atomic mass is 10.0. The lowest BCUT2D eigenvalue weighted by Crippen LogP contribution is -1.85. The summed E-state index contributed by atoms with van der Waals surface area (Å²) in [5.41, 5.74) is 0. The highest BCUT2D eigenvalue weighted by atomic mass is 14.0. The van der Waals surface area contributed by atoms with Gasteiger partial charge in [-0.25, -0.2) is 0 Å². The van der Waals surface area contributed by atoms with E-state index in [1.807, 2.05) is 0 Å². The molecule has 0 nitrogen and oxygen atoms in total. The van der Waals surface area contributed by atoms with Crippen molar-refractivity contribution in [2.24, 2.45) is 0 Å². The lowest BCUT2D eigenvalue weighted by Gasteiger charge is -2.04. The molecule has 0 spiro atoms. The molecule has 1 radical (unpaired) electrons. The zero-order valence-corrected chi connectivity index (χ0v) is 24.2. The van der Waals surface area contributed by atoms with Gasteiger partial charge in [0.2, 0.25) is 0 Å². The second kappa shape index (κ2) is 32.7. The van der Waals surface area contributed by atoms with E-state index in [0.717, 1.165) is 0 Å². The van der Waals surface area contributed by atoms with Gasteiger partial charge in [0.1, 0.15) is 0 Å². The maximum absolute atomic E-state index is 2.54. The normalized spacial score (nSPS) is 11.7. The Morgan fingerprint density at radius 3 is 0.941 bits per heavy atom. The van der Waals surface area contributed by atoms with Crippen molar-refractivity contribution in [1.29, 1.82) is 0 Å². The molecule has 0 saturated heterocycles. The molecule has 0 rings (SSSR count).